The van der Waals surface area contributed by atoms with Gasteiger partial charge in [0.05, 0.1) is 11.7 Å². The minimum atomic E-state index is 0.153. The summed E-state index contributed by atoms with van der Waals surface area (Å²) in [5.74, 6) is 0. The van der Waals surface area contributed by atoms with Crippen LogP contribution in [0.15, 0.2) is 18.3 Å². The van der Waals surface area contributed by atoms with Crippen LogP contribution < -0.4 is 5.32 Å². The van der Waals surface area contributed by atoms with Gasteiger partial charge in [-0.25, -0.2) is 4.98 Å². The van der Waals surface area contributed by atoms with Gasteiger partial charge in [0, 0.05) is 16.8 Å². The Kier molecular flexibility index (Phi) is 4.09. The fourth-order valence-electron chi connectivity index (χ4n) is 1.82. The normalized spacial score (nSPS) is 12.7. The van der Waals surface area contributed by atoms with E-state index < -0.39 is 0 Å². The monoisotopic (exact) mass is 261 g/mol. The molecule has 4 heteroatoms. The first-order valence-electron chi connectivity index (χ1n) is 6.21. The van der Waals surface area contributed by atoms with Crippen LogP contribution in [0, 0.1) is 20.8 Å². The van der Waals surface area contributed by atoms with Gasteiger partial charge >= 0.3 is 0 Å². The zero-order chi connectivity index (χ0) is 13.1. The number of aryl methyl sites for hydroxylation is 3. The highest BCUT2D eigenvalue weighted by molar-refractivity contribution is 7.11. The Bertz CT molecular complexity index is 497. The lowest BCUT2D eigenvalue weighted by molar-refractivity contribution is 0.624. The number of thiazole rings is 1. The van der Waals surface area contributed by atoms with Gasteiger partial charge in [-0.05, 0) is 38.9 Å². The van der Waals surface area contributed by atoms with Crippen LogP contribution in [-0.4, -0.2) is 16.5 Å². The molecule has 1 unspecified atom stereocenters. The molecule has 18 heavy (non-hydrogen) atoms. The van der Waals surface area contributed by atoms with Crippen LogP contribution in [0.25, 0.3) is 0 Å². The third-order valence-corrected chi connectivity index (χ3v) is 4.11. The molecule has 0 fully saturated rings. The first kappa shape index (κ1) is 13.2. The number of aromatic nitrogens is 2. The molecule has 0 saturated heterocycles. The molecule has 1 N–H and O–H groups in total. The van der Waals surface area contributed by atoms with E-state index in [1.165, 1.54) is 10.4 Å². The predicted octanol–water partition coefficient (Wildman–Crippen LogP) is 3.16. The van der Waals surface area contributed by atoms with Gasteiger partial charge in [0.1, 0.15) is 5.01 Å². The molecule has 0 aliphatic heterocycles. The van der Waals surface area contributed by atoms with Crippen molar-refractivity contribution in [3.63, 3.8) is 0 Å². The fraction of sp³-hybridized carbons (Fsp3) is 0.429. The van der Waals surface area contributed by atoms with Gasteiger partial charge in [0.25, 0.3) is 0 Å². The molecule has 0 radical (unpaired) electrons. The largest absolute Gasteiger partial charge is 0.304 e. The topological polar surface area (TPSA) is 37.8 Å². The van der Waals surface area contributed by atoms with Gasteiger partial charge in [0.15, 0.2) is 0 Å². The highest BCUT2D eigenvalue weighted by Gasteiger charge is 2.17. The Morgan fingerprint density at radius 3 is 2.56 bits per heavy atom. The standard InChI is InChI=1S/C14H19N3S/c1-5-15-13(12-7-6-9(2)16-8-12)14-17-10(3)11(4)18-14/h6-8,13,15H,5H2,1-4H3. The van der Waals surface area contributed by atoms with E-state index in [1.807, 2.05) is 19.2 Å². The van der Waals surface area contributed by atoms with Crippen molar-refractivity contribution in [3.05, 3.63) is 45.2 Å². The van der Waals surface area contributed by atoms with E-state index in [2.05, 4.69) is 42.1 Å². The van der Waals surface area contributed by atoms with E-state index in [-0.39, 0.29) is 6.04 Å². The number of pyridine rings is 1. The first-order chi connectivity index (χ1) is 8.61. The zero-order valence-electron chi connectivity index (χ0n) is 11.3. The lowest BCUT2D eigenvalue weighted by Crippen LogP contribution is -2.22. The Morgan fingerprint density at radius 1 is 1.28 bits per heavy atom. The molecule has 2 heterocycles. The Hall–Kier alpha value is -1.26. The van der Waals surface area contributed by atoms with Crippen molar-refractivity contribution in [1.29, 1.82) is 0 Å². The Labute approximate surface area is 112 Å². The summed E-state index contributed by atoms with van der Waals surface area (Å²) in [6.45, 7) is 9.21. The molecule has 0 aliphatic carbocycles. The van der Waals surface area contributed by atoms with Crippen molar-refractivity contribution in [1.82, 2.24) is 15.3 Å². The molecule has 1 atom stereocenters. The van der Waals surface area contributed by atoms with Crippen molar-refractivity contribution in [2.45, 2.75) is 33.7 Å². The van der Waals surface area contributed by atoms with Crippen LogP contribution in [0.2, 0.25) is 0 Å². The van der Waals surface area contributed by atoms with Crippen LogP contribution >= 0.6 is 11.3 Å². The van der Waals surface area contributed by atoms with Crippen LogP contribution in [0.3, 0.4) is 0 Å². The van der Waals surface area contributed by atoms with Crippen molar-refractivity contribution in [3.8, 4) is 0 Å². The average Bonchev–Trinajstić information content (AvgIpc) is 2.68. The van der Waals surface area contributed by atoms with Crippen molar-refractivity contribution < 1.29 is 0 Å². The van der Waals surface area contributed by atoms with Crippen LogP contribution in [0.4, 0.5) is 0 Å². The van der Waals surface area contributed by atoms with E-state index in [9.17, 15) is 0 Å². The maximum atomic E-state index is 4.66. The maximum absolute atomic E-state index is 4.66. The molecule has 2 rings (SSSR count). The number of hydrogen-bond donors (Lipinski definition) is 1. The predicted molar refractivity (Wildman–Crippen MR) is 76.1 cm³/mol. The Balaban J connectivity index is 2.36. The number of hydrogen-bond acceptors (Lipinski definition) is 4. The highest BCUT2D eigenvalue weighted by atomic mass is 32.1. The summed E-state index contributed by atoms with van der Waals surface area (Å²) in [5.41, 5.74) is 3.34. The smallest absolute Gasteiger partial charge is 0.115 e. The molecule has 0 saturated carbocycles. The second-order valence-electron chi connectivity index (χ2n) is 4.42. The van der Waals surface area contributed by atoms with Gasteiger partial charge in [-0.2, -0.15) is 0 Å². The molecule has 0 amide bonds. The van der Waals surface area contributed by atoms with Gasteiger partial charge in [-0.15, -0.1) is 11.3 Å². The lowest BCUT2D eigenvalue weighted by atomic mass is 10.1. The highest BCUT2D eigenvalue weighted by Crippen LogP contribution is 2.27. The van der Waals surface area contributed by atoms with E-state index in [1.54, 1.807) is 11.3 Å². The minimum absolute atomic E-state index is 0.153. The molecule has 0 aliphatic rings. The lowest BCUT2D eigenvalue weighted by Gasteiger charge is -2.15. The third-order valence-electron chi connectivity index (χ3n) is 2.97. The van der Waals surface area contributed by atoms with Gasteiger partial charge in [0.2, 0.25) is 0 Å². The van der Waals surface area contributed by atoms with E-state index in [0.717, 1.165) is 22.9 Å². The summed E-state index contributed by atoms with van der Waals surface area (Å²) in [7, 11) is 0. The van der Waals surface area contributed by atoms with Crippen LogP contribution in [0.5, 0.6) is 0 Å². The molecule has 3 nitrogen and oxygen atoms in total. The molecule has 96 valence electrons. The second-order valence-corrected chi connectivity index (χ2v) is 5.65. The van der Waals surface area contributed by atoms with Crippen LogP contribution in [-0.2, 0) is 0 Å². The number of nitrogens with zero attached hydrogens (tertiary/aromatic N) is 2. The maximum Gasteiger partial charge on any atom is 0.115 e. The fourth-order valence-corrected chi connectivity index (χ4v) is 2.85. The number of rotatable bonds is 4. The molecular formula is C14H19N3S. The van der Waals surface area contributed by atoms with Crippen molar-refractivity contribution in [2.24, 2.45) is 0 Å². The molecule has 2 aromatic heterocycles. The average molecular weight is 261 g/mol. The quantitative estimate of drug-likeness (QED) is 0.918. The third kappa shape index (κ3) is 2.76. The molecule has 0 spiro atoms. The molecule has 2 aromatic rings. The number of nitrogens with one attached hydrogen (secondary N) is 1. The summed E-state index contributed by atoms with van der Waals surface area (Å²) >= 11 is 1.76. The van der Waals surface area contributed by atoms with Crippen molar-refractivity contribution >= 4 is 11.3 Å². The van der Waals surface area contributed by atoms with E-state index in [4.69, 9.17) is 0 Å². The van der Waals surface area contributed by atoms with Crippen LogP contribution in [0.1, 0.15) is 39.8 Å². The van der Waals surface area contributed by atoms with Gasteiger partial charge in [-0.1, -0.05) is 13.0 Å². The SMILES string of the molecule is CCNC(c1ccc(C)nc1)c1nc(C)c(C)s1. The molecule has 0 aromatic carbocycles. The summed E-state index contributed by atoms with van der Waals surface area (Å²) in [6, 6.07) is 4.33. The van der Waals surface area contributed by atoms with E-state index >= 15 is 0 Å². The van der Waals surface area contributed by atoms with E-state index in [0.29, 0.717) is 0 Å². The Morgan fingerprint density at radius 2 is 2.06 bits per heavy atom. The molecular weight excluding hydrogens is 242 g/mol. The summed E-state index contributed by atoms with van der Waals surface area (Å²) < 4.78 is 0. The van der Waals surface area contributed by atoms with Gasteiger partial charge < -0.3 is 5.32 Å². The zero-order valence-corrected chi connectivity index (χ0v) is 12.1. The minimum Gasteiger partial charge on any atom is -0.304 e. The summed E-state index contributed by atoms with van der Waals surface area (Å²) in [5, 5.41) is 4.61. The van der Waals surface area contributed by atoms with Crippen molar-refractivity contribution in [2.75, 3.05) is 6.54 Å². The second kappa shape index (κ2) is 5.59. The molecule has 0 bridgehead atoms. The summed E-state index contributed by atoms with van der Waals surface area (Å²) in [6.07, 6.45) is 1.94. The van der Waals surface area contributed by atoms with Gasteiger partial charge in [-0.3, -0.25) is 4.98 Å². The first-order valence-corrected chi connectivity index (χ1v) is 7.03. The summed E-state index contributed by atoms with van der Waals surface area (Å²) in [4.78, 5) is 10.3.